The molecule has 0 aliphatic carbocycles. The van der Waals surface area contributed by atoms with Crippen molar-refractivity contribution in [2.75, 3.05) is 26.7 Å². The number of amides is 1. The number of nitrogens with zero attached hydrogens (tertiary/aromatic N) is 2. The van der Waals surface area contributed by atoms with Crippen molar-refractivity contribution < 1.29 is 14.6 Å². The molecule has 2 N–H and O–H groups in total. The Morgan fingerprint density at radius 3 is 2.83 bits per heavy atom. The van der Waals surface area contributed by atoms with Crippen molar-refractivity contribution in [3.63, 3.8) is 0 Å². The molecule has 2 atom stereocenters. The number of piperidine rings is 1. The molecular weight excluding hydrogens is 306 g/mol. The number of nitrogens with one attached hydrogen (secondary N) is 1. The van der Waals surface area contributed by atoms with E-state index in [-0.39, 0.29) is 18.1 Å². The molecule has 0 bridgehead atoms. The summed E-state index contributed by atoms with van der Waals surface area (Å²) in [6, 6.07) is 4.14. The van der Waals surface area contributed by atoms with Gasteiger partial charge in [-0.3, -0.25) is 9.69 Å². The highest BCUT2D eigenvalue weighted by molar-refractivity contribution is 5.92. The lowest BCUT2D eigenvalue weighted by molar-refractivity contribution is -0.0193. The van der Waals surface area contributed by atoms with Crippen molar-refractivity contribution in [3.8, 4) is 0 Å². The molecule has 0 spiro atoms. The average molecular weight is 337 g/mol. The second-order valence-corrected chi connectivity index (χ2v) is 6.82. The van der Waals surface area contributed by atoms with Gasteiger partial charge in [0.15, 0.2) is 0 Å². The summed E-state index contributed by atoms with van der Waals surface area (Å²) in [4.78, 5) is 14.3. The van der Waals surface area contributed by atoms with Crippen LogP contribution in [0.1, 0.15) is 55.3 Å². The number of likely N-dealkylation sites (tertiary alicyclic amines) is 1. The number of aliphatic hydroxyl groups excluding tert-OH is 1. The normalized spacial score (nSPS) is 20.3. The van der Waals surface area contributed by atoms with Crippen LogP contribution in [-0.4, -0.2) is 59.4 Å². The number of hydrogen-bond donors (Lipinski definition) is 2. The Morgan fingerprint density at radius 1 is 1.42 bits per heavy atom. The molecule has 1 aromatic rings. The van der Waals surface area contributed by atoms with Gasteiger partial charge in [0.1, 0.15) is 5.69 Å². The molecule has 0 unspecified atom stereocenters. The van der Waals surface area contributed by atoms with E-state index in [0.29, 0.717) is 18.8 Å². The standard InChI is InChI=1S/C18H31N3O3/c1-13(2)24-12-14(22)11-21-10-6-5-7-16(21)15-8-9-17(20(15)4)18(23)19-3/h8-9,13-14,16,22H,5-7,10-12H2,1-4H3,(H,19,23)/t14-,16-/m1/s1. The summed E-state index contributed by atoms with van der Waals surface area (Å²) in [5, 5.41) is 13.0. The fraction of sp³-hybridized carbons (Fsp3) is 0.722. The van der Waals surface area contributed by atoms with E-state index < -0.39 is 6.10 Å². The number of ether oxygens (including phenoxy) is 1. The second-order valence-electron chi connectivity index (χ2n) is 6.82. The van der Waals surface area contributed by atoms with Gasteiger partial charge in [0.2, 0.25) is 0 Å². The highest BCUT2D eigenvalue weighted by atomic mass is 16.5. The highest BCUT2D eigenvalue weighted by Gasteiger charge is 2.28. The molecular formula is C18H31N3O3. The van der Waals surface area contributed by atoms with E-state index in [1.807, 2.05) is 37.6 Å². The van der Waals surface area contributed by atoms with E-state index in [2.05, 4.69) is 10.2 Å². The van der Waals surface area contributed by atoms with E-state index in [9.17, 15) is 9.90 Å². The maximum Gasteiger partial charge on any atom is 0.267 e. The lowest BCUT2D eigenvalue weighted by Crippen LogP contribution is -2.41. The van der Waals surface area contributed by atoms with Gasteiger partial charge in [0, 0.05) is 26.3 Å². The molecule has 6 nitrogen and oxygen atoms in total. The van der Waals surface area contributed by atoms with Gasteiger partial charge < -0.3 is 19.7 Å². The Hall–Kier alpha value is -1.37. The van der Waals surface area contributed by atoms with Gasteiger partial charge in [-0.15, -0.1) is 0 Å². The van der Waals surface area contributed by atoms with Gasteiger partial charge in [-0.2, -0.15) is 0 Å². The average Bonchev–Trinajstić information content (AvgIpc) is 2.94. The fourth-order valence-electron chi connectivity index (χ4n) is 3.39. The van der Waals surface area contributed by atoms with Crippen LogP contribution < -0.4 is 5.32 Å². The van der Waals surface area contributed by atoms with Crippen LogP contribution in [0.15, 0.2) is 12.1 Å². The summed E-state index contributed by atoms with van der Waals surface area (Å²) in [7, 11) is 3.58. The van der Waals surface area contributed by atoms with Crippen molar-refractivity contribution in [1.82, 2.24) is 14.8 Å². The van der Waals surface area contributed by atoms with E-state index in [0.717, 1.165) is 25.1 Å². The molecule has 1 aliphatic heterocycles. The summed E-state index contributed by atoms with van der Waals surface area (Å²) >= 11 is 0. The molecule has 6 heteroatoms. The number of carbonyl (C=O) groups excluding carboxylic acids is 1. The summed E-state index contributed by atoms with van der Waals surface area (Å²) in [6.07, 6.45) is 2.98. The fourth-order valence-corrected chi connectivity index (χ4v) is 3.39. The van der Waals surface area contributed by atoms with Gasteiger partial charge in [0.25, 0.3) is 5.91 Å². The smallest absolute Gasteiger partial charge is 0.267 e. The van der Waals surface area contributed by atoms with Crippen LogP contribution in [0.2, 0.25) is 0 Å². The van der Waals surface area contributed by atoms with Crippen molar-refractivity contribution in [1.29, 1.82) is 0 Å². The molecule has 1 fully saturated rings. The first-order chi connectivity index (χ1) is 11.4. The summed E-state index contributed by atoms with van der Waals surface area (Å²) in [5.74, 6) is -0.0727. The Morgan fingerprint density at radius 2 is 2.17 bits per heavy atom. The number of β-amino-alcohol motifs (C(OH)–C–C–N with tert-alkyl or cyclic N) is 1. The summed E-state index contributed by atoms with van der Waals surface area (Å²) in [6.45, 7) is 5.86. The van der Waals surface area contributed by atoms with Crippen LogP contribution in [0.4, 0.5) is 0 Å². The third-order valence-corrected chi connectivity index (χ3v) is 4.64. The molecule has 24 heavy (non-hydrogen) atoms. The summed E-state index contributed by atoms with van der Waals surface area (Å²) < 4.78 is 7.50. The van der Waals surface area contributed by atoms with Crippen LogP contribution in [0, 0.1) is 0 Å². The molecule has 1 saturated heterocycles. The highest BCUT2D eigenvalue weighted by Crippen LogP contribution is 2.31. The molecule has 2 heterocycles. The third-order valence-electron chi connectivity index (χ3n) is 4.64. The Labute approximate surface area is 144 Å². The van der Waals surface area contributed by atoms with E-state index >= 15 is 0 Å². The maximum absolute atomic E-state index is 11.9. The zero-order chi connectivity index (χ0) is 17.7. The van der Waals surface area contributed by atoms with E-state index in [1.54, 1.807) is 7.05 Å². The number of carbonyl (C=O) groups is 1. The van der Waals surface area contributed by atoms with Crippen LogP contribution in [0.25, 0.3) is 0 Å². The monoisotopic (exact) mass is 337 g/mol. The van der Waals surface area contributed by atoms with Crippen LogP contribution >= 0.6 is 0 Å². The quantitative estimate of drug-likeness (QED) is 0.795. The predicted octanol–water partition coefficient (Wildman–Crippen LogP) is 1.70. The first kappa shape index (κ1) is 19.0. The first-order valence-corrected chi connectivity index (χ1v) is 8.85. The number of aliphatic hydroxyl groups is 1. The SMILES string of the molecule is CNC(=O)c1ccc([C@H]2CCCCN2C[C@@H](O)COC(C)C)n1C. The lowest BCUT2D eigenvalue weighted by Gasteiger charge is -2.37. The molecule has 2 rings (SSSR count). The van der Waals surface area contributed by atoms with Gasteiger partial charge >= 0.3 is 0 Å². The van der Waals surface area contributed by atoms with E-state index in [4.69, 9.17) is 4.74 Å². The molecule has 1 aromatic heterocycles. The van der Waals surface area contributed by atoms with Gasteiger partial charge in [0.05, 0.1) is 24.9 Å². The van der Waals surface area contributed by atoms with Gasteiger partial charge in [-0.25, -0.2) is 0 Å². The molecule has 1 aliphatic rings. The Balaban J connectivity index is 2.09. The Kier molecular flexibility index (Phi) is 6.83. The summed E-state index contributed by atoms with van der Waals surface area (Å²) in [5.41, 5.74) is 1.80. The minimum Gasteiger partial charge on any atom is -0.389 e. The van der Waals surface area contributed by atoms with Crippen LogP contribution in [0.3, 0.4) is 0 Å². The minimum atomic E-state index is -0.494. The second kappa shape index (κ2) is 8.65. The molecule has 1 amide bonds. The predicted molar refractivity (Wildman–Crippen MR) is 94.1 cm³/mol. The number of aromatic nitrogens is 1. The maximum atomic E-state index is 11.9. The van der Waals surface area contributed by atoms with Crippen molar-refractivity contribution in [3.05, 3.63) is 23.5 Å². The van der Waals surface area contributed by atoms with Gasteiger partial charge in [-0.1, -0.05) is 6.42 Å². The Bertz CT molecular complexity index is 542. The zero-order valence-electron chi connectivity index (χ0n) is 15.3. The molecule has 0 radical (unpaired) electrons. The lowest BCUT2D eigenvalue weighted by atomic mass is 9.99. The van der Waals surface area contributed by atoms with Gasteiger partial charge in [-0.05, 0) is 45.4 Å². The van der Waals surface area contributed by atoms with E-state index in [1.165, 1.54) is 6.42 Å². The van der Waals surface area contributed by atoms with Crippen molar-refractivity contribution in [2.24, 2.45) is 7.05 Å². The molecule has 0 aromatic carbocycles. The van der Waals surface area contributed by atoms with Crippen LogP contribution in [0.5, 0.6) is 0 Å². The third kappa shape index (κ3) is 4.59. The molecule has 0 saturated carbocycles. The largest absolute Gasteiger partial charge is 0.389 e. The zero-order valence-corrected chi connectivity index (χ0v) is 15.3. The van der Waals surface area contributed by atoms with Crippen molar-refractivity contribution in [2.45, 2.75) is 51.4 Å². The van der Waals surface area contributed by atoms with Crippen molar-refractivity contribution >= 4 is 5.91 Å². The topological polar surface area (TPSA) is 66.7 Å². The van der Waals surface area contributed by atoms with Crippen LogP contribution in [-0.2, 0) is 11.8 Å². The number of rotatable bonds is 7. The minimum absolute atomic E-state index is 0.0727. The molecule has 136 valence electrons. The first-order valence-electron chi connectivity index (χ1n) is 8.85. The number of hydrogen-bond acceptors (Lipinski definition) is 4.